The van der Waals surface area contributed by atoms with Crippen molar-refractivity contribution in [2.24, 2.45) is 0 Å². The second kappa shape index (κ2) is 4.86. The van der Waals surface area contributed by atoms with Gasteiger partial charge in [0.15, 0.2) is 5.69 Å². The maximum absolute atomic E-state index is 10.9. The SMILES string of the molecule is C#Cc1ncc(C(=O)O)nc1-c1ccc(Cl)cc1. The monoisotopic (exact) mass is 258 g/mol. The lowest BCUT2D eigenvalue weighted by atomic mass is 10.1. The van der Waals surface area contributed by atoms with Gasteiger partial charge in [-0.15, -0.1) is 6.42 Å². The minimum absolute atomic E-state index is 0.154. The van der Waals surface area contributed by atoms with E-state index in [2.05, 4.69) is 15.9 Å². The Balaban J connectivity index is 2.61. The van der Waals surface area contributed by atoms with E-state index < -0.39 is 5.97 Å². The molecule has 0 aliphatic rings. The Kier molecular flexibility index (Phi) is 3.26. The third kappa shape index (κ3) is 2.31. The highest BCUT2D eigenvalue weighted by molar-refractivity contribution is 6.30. The molecule has 88 valence electrons. The first kappa shape index (κ1) is 12.1. The number of hydrogen-bond donors (Lipinski definition) is 1. The highest BCUT2D eigenvalue weighted by Crippen LogP contribution is 2.22. The number of aromatic nitrogens is 2. The molecule has 0 amide bonds. The van der Waals surface area contributed by atoms with Crippen LogP contribution in [0, 0.1) is 12.3 Å². The van der Waals surface area contributed by atoms with Crippen molar-refractivity contribution >= 4 is 17.6 Å². The second-order valence-electron chi connectivity index (χ2n) is 3.41. The summed E-state index contributed by atoms with van der Waals surface area (Å²) >= 11 is 5.78. The molecule has 0 radical (unpaired) electrons. The van der Waals surface area contributed by atoms with Crippen molar-refractivity contribution in [3.63, 3.8) is 0 Å². The van der Waals surface area contributed by atoms with Gasteiger partial charge in [-0.3, -0.25) is 0 Å². The molecule has 0 unspecified atom stereocenters. The lowest BCUT2D eigenvalue weighted by Gasteiger charge is -2.04. The Morgan fingerprint density at radius 3 is 2.56 bits per heavy atom. The summed E-state index contributed by atoms with van der Waals surface area (Å²) in [6.45, 7) is 0. The van der Waals surface area contributed by atoms with Crippen molar-refractivity contribution in [3.05, 3.63) is 46.9 Å². The molecular weight excluding hydrogens is 252 g/mol. The standard InChI is InChI=1S/C13H7ClN2O2/c1-2-10-12(8-3-5-9(14)6-4-8)16-11(7-15-10)13(17)18/h1,3-7H,(H,17,18). The first-order chi connectivity index (χ1) is 8.61. The maximum Gasteiger partial charge on any atom is 0.356 e. The molecule has 0 bridgehead atoms. The number of nitrogens with zero attached hydrogens (tertiary/aromatic N) is 2. The van der Waals surface area contributed by atoms with Gasteiger partial charge in [0.1, 0.15) is 11.4 Å². The summed E-state index contributed by atoms with van der Waals surface area (Å²) in [5, 5.41) is 9.46. The minimum atomic E-state index is -1.15. The predicted octanol–water partition coefficient (Wildman–Crippen LogP) is 2.48. The lowest BCUT2D eigenvalue weighted by Crippen LogP contribution is -2.04. The molecule has 0 atom stereocenters. The first-order valence-electron chi connectivity index (χ1n) is 4.94. The molecule has 0 saturated carbocycles. The van der Waals surface area contributed by atoms with Crippen LogP contribution in [-0.4, -0.2) is 21.0 Å². The fourth-order valence-corrected chi connectivity index (χ4v) is 1.53. The predicted molar refractivity (Wildman–Crippen MR) is 67.4 cm³/mol. The molecule has 5 heteroatoms. The average Bonchev–Trinajstić information content (AvgIpc) is 2.39. The van der Waals surface area contributed by atoms with Crippen LogP contribution in [0.2, 0.25) is 5.02 Å². The van der Waals surface area contributed by atoms with Crippen LogP contribution < -0.4 is 0 Å². The van der Waals surface area contributed by atoms with Gasteiger partial charge in [-0.1, -0.05) is 23.7 Å². The Labute approximate surface area is 108 Å². The van der Waals surface area contributed by atoms with E-state index in [0.717, 1.165) is 6.20 Å². The molecule has 18 heavy (non-hydrogen) atoms. The zero-order valence-electron chi connectivity index (χ0n) is 9.09. The van der Waals surface area contributed by atoms with Gasteiger partial charge in [-0.2, -0.15) is 0 Å². The molecule has 0 aliphatic carbocycles. The van der Waals surface area contributed by atoms with Gasteiger partial charge < -0.3 is 5.11 Å². The summed E-state index contributed by atoms with van der Waals surface area (Å²) in [4.78, 5) is 18.8. The quantitative estimate of drug-likeness (QED) is 0.841. The van der Waals surface area contributed by atoms with E-state index in [-0.39, 0.29) is 5.69 Å². The molecule has 0 spiro atoms. The van der Waals surface area contributed by atoms with E-state index >= 15 is 0 Å². The number of terminal acetylenes is 1. The van der Waals surface area contributed by atoms with Crippen LogP contribution in [0.1, 0.15) is 16.2 Å². The zero-order valence-corrected chi connectivity index (χ0v) is 9.85. The first-order valence-corrected chi connectivity index (χ1v) is 5.32. The van der Waals surface area contributed by atoms with Crippen molar-refractivity contribution in [3.8, 4) is 23.6 Å². The number of benzene rings is 1. The Morgan fingerprint density at radius 2 is 2.00 bits per heavy atom. The van der Waals surface area contributed by atoms with E-state index in [0.29, 0.717) is 22.0 Å². The molecule has 0 fully saturated rings. The van der Waals surface area contributed by atoms with Gasteiger partial charge in [0.25, 0.3) is 0 Å². The topological polar surface area (TPSA) is 63.1 Å². The number of aromatic carboxylic acids is 1. The zero-order chi connectivity index (χ0) is 13.1. The van der Waals surface area contributed by atoms with Gasteiger partial charge in [-0.25, -0.2) is 14.8 Å². The molecule has 4 nitrogen and oxygen atoms in total. The van der Waals surface area contributed by atoms with Crippen LogP contribution in [0.4, 0.5) is 0 Å². The van der Waals surface area contributed by atoms with E-state index in [1.807, 2.05) is 0 Å². The Hall–Kier alpha value is -2.38. The van der Waals surface area contributed by atoms with Crippen molar-refractivity contribution in [1.29, 1.82) is 0 Å². The van der Waals surface area contributed by atoms with E-state index in [9.17, 15) is 4.79 Å². The van der Waals surface area contributed by atoms with Crippen LogP contribution >= 0.6 is 11.6 Å². The highest BCUT2D eigenvalue weighted by atomic mass is 35.5. The fraction of sp³-hybridized carbons (Fsp3) is 0. The number of carbonyl (C=O) groups is 1. The summed E-state index contributed by atoms with van der Waals surface area (Å²) in [7, 11) is 0. The number of hydrogen-bond acceptors (Lipinski definition) is 3. The molecule has 1 aromatic carbocycles. The number of rotatable bonds is 2. The third-order valence-corrected chi connectivity index (χ3v) is 2.50. The molecule has 1 N–H and O–H groups in total. The Morgan fingerprint density at radius 1 is 1.33 bits per heavy atom. The van der Waals surface area contributed by atoms with Crippen LogP contribution in [0.5, 0.6) is 0 Å². The van der Waals surface area contributed by atoms with Gasteiger partial charge in [0.05, 0.1) is 6.20 Å². The van der Waals surface area contributed by atoms with Crippen LogP contribution in [0.3, 0.4) is 0 Å². The van der Waals surface area contributed by atoms with Crippen molar-refractivity contribution < 1.29 is 9.90 Å². The van der Waals surface area contributed by atoms with Crippen LogP contribution in [0.25, 0.3) is 11.3 Å². The summed E-state index contributed by atoms with van der Waals surface area (Å²) < 4.78 is 0. The van der Waals surface area contributed by atoms with E-state index in [1.54, 1.807) is 24.3 Å². The molecule has 2 aromatic rings. The third-order valence-electron chi connectivity index (χ3n) is 2.25. The summed E-state index contributed by atoms with van der Waals surface area (Å²) in [6.07, 6.45) is 6.45. The molecule has 2 rings (SSSR count). The largest absolute Gasteiger partial charge is 0.476 e. The maximum atomic E-state index is 10.9. The normalized spacial score (nSPS) is 9.78. The average molecular weight is 259 g/mol. The van der Waals surface area contributed by atoms with Gasteiger partial charge in [0.2, 0.25) is 0 Å². The van der Waals surface area contributed by atoms with Crippen molar-refractivity contribution in [2.45, 2.75) is 0 Å². The van der Waals surface area contributed by atoms with Crippen LogP contribution in [0.15, 0.2) is 30.5 Å². The van der Waals surface area contributed by atoms with Gasteiger partial charge >= 0.3 is 5.97 Å². The molecule has 1 aromatic heterocycles. The lowest BCUT2D eigenvalue weighted by molar-refractivity contribution is 0.0690. The molecule has 1 heterocycles. The van der Waals surface area contributed by atoms with E-state index in [1.165, 1.54) is 0 Å². The molecular formula is C13H7ClN2O2. The van der Waals surface area contributed by atoms with Crippen molar-refractivity contribution in [1.82, 2.24) is 9.97 Å². The summed E-state index contributed by atoms with van der Waals surface area (Å²) in [6, 6.07) is 6.76. The Bertz CT molecular complexity index is 645. The number of halogens is 1. The second-order valence-corrected chi connectivity index (χ2v) is 3.85. The van der Waals surface area contributed by atoms with Gasteiger partial charge in [0, 0.05) is 10.6 Å². The minimum Gasteiger partial charge on any atom is -0.476 e. The summed E-state index contributed by atoms with van der Waals surface area (Å²) in [5.41, 5.74) is 1.17. The number of carboxylic acids is 1. The summed E-state index contributed by atoms with van der Waals surface area (Å²) in [5.74, 6) is 1.22. The highest BCUT2D eigenvalue weighted by Gasteiger charge is 2.12. The van der Waals surface area contributed by atoms with Crippen molar-refractivity contribution in [2.75, 3.05) is 0 Å². The number of carboxylic acid groups (broad SMARTS) is 1. The smallest absolute Gasteiger partial charge is 0.356 e. The molecule has 0 aliphatic heterocycles. The van der Waals surface area contributed by atoms with Crippen LogP contribution in [-0.2, 0) is 0 Å². The van der Waals surface area contributed by atoms with Gasteiger partial charge in [-0.05, 0) is 18.1 Å². The van der Waals surface area contributed by atoms with E-state index in [4.69, 9.17) is 23.1 Å². The fourth-order valence-electron chi connectivity index (χ4n) is 1.41. The molecule has 0 saturated heterocycles.